The van der Waals surface area contributed by atoms with Gasteiger partial charge in [-0.05, 0) is 49.0 Å². The Labute approximate surface area is 104 Å². The summed E-state index contributed by atoms with van der Waals surface area (Å²) in [7, 11) is 0. The summed E-state index contributed by atoms with van der Waals surface area (Å²) in [4.78, 5) is 11.5. The molecule has 1 aliphatic carbocycles. The minimum atomic E-state index is 0.280. The fourth-order valence-corrected chi connectivity index (χ4v) is 2.65. The van der Waals surface area contributed by atoms with Crippen LogP contribution in [-0.2, 0) is 11.3 Å². The number of aryl methyl sites for hydroxylation is 2. The van der Waals surface area contributed by atoms with Crippen LogP contribution in [0.5, 0.6) is 0 Å². The fraction of sp³-hybridized carbons (Fsp3) is 0.667. The molecule has 0 aliphatic heterocycles. The number of Topliss-reactive ketones (excluding diaryl/α,β-unsaturated/α-hetero) is 1. The average molecular weight is 285 g/mol. The van der Waals surface area contributed by atoms with Gasteiger partial charge < -0.3 is 0 Å². The minimum absolute atomic E-state index is 0.280. The second-order valence-corrected chi connectivity index (χ2v) is 5.35. The number of nitrogens with zero attached hydrogens (tertiary/aromatic N) is 2. The number of rotatable bonds is 3. The van der Waals surface area contributed by atoms with E-state index in [0.717, 1.165) is 48.1 Å². The highest BCUT2D eigenvalue weighted by molar-refractivity contribution is 9.10. The number of carbonyl (C=O) groups excluding carboxylic acids is 1. The van der Waals surface area contributed by atoms with Crippen LogP contribution in [-0.4, -0.2) is 15.6 Å². The van der Waals surface area contributed by atoms with E-state index in [-0.39, 0.29) is 5.92 Å². The Morgan fingerprint density at radius 1 is 1.50 bits per heavy atom. The molecule has 0 spiro atoms. The van der Waals surface area contributed by atoms with Crippen molar-refractivity contribution in [2.45, 2.75) is 46.1 Å². The lowest BCUT2D eigenvalue weighted by Crippen LogP contribution is -2.12. The van der Waals surface area contributed by atoms with Crippen molar-refractivity contribution in [1.82, 2.24) is 9.78 Å². The molecule has 1 heterocycles. The number of carbonyl (C=O) groups is 1. The predicted molar refractivity (Wildman–Crippen MR) is 66.4 cm³/mol. The van der Waals surface area contributed by atoms with Crippen LogP contribution in [0.15, 0.2) is 4.47 Å². The molecule has 88 valence electrons. The molecule has 0 amide bonds. The lowest BCUT2D eigenvalue weighted by molar-refractivity contribution is -0.120. The van der Waals surface area contributed by atoms with Gasteiger partial charge in [-0.2, -0.15) is 5.10 Å². The highest BCUT2D eigenvalue weighted by Crippen LogP contribution is 2.26. The third-order valence-electron chi connectivity index (χ3n) is 3.41. The molecule has 1 fully saturated rings. The zero-order chi connectivity index (χ0) is 11.7. The monoisotopic (exact) mass is 284 g/mol. The molecule has 1 aromatic heterocycles. The first kappa shape index (κ1) is 11.8. The molecule has 1 saturated carbocycles. The van der Waals surface area contributed by atoms with Crippen molar-refractivity contribution in [3.63, 3.8) is 0 Å². The van der Waals surface area contributed by atoms with Crippen LogP contribution in [0, 0.1) is 19.8 Å². The molecule has 0 bridgehead atoms. The summed E-state index contributed by atoms with van der Waals surface area (Å²) < 4.78 is 3.09. The molecule has 1 atom stereocenters. The van der Waals surface area contributed by atoms with Crippen LogP contribution in [0.1, 0.15) is 37.1 Å². The van der Waals surface area contributed by atoms with E-state index in [1.165, 1.54) is 0 Å². The van der Waals surface area contributed by atoms with Gasteiger partial charge >= 0.3 is 0 Å². The second-order valence-electron chi connectivity index (χ2n) is 4.55. The maximum atomic E-state index is 11.5. The van der Waals surface area contributed by atoms with Gasteiger partial charge in [0.15, 0.2) is 0 Å². The Hall–Kier alpha value is -0.640. The van der Waals surface area contributed by atoms with Crippen LogP contribution in [0.25, 0.3) is 0 Å². The fourth-order valence-electron chi connectivity index (χ4n) is 2.36. The Morgan fingerprint density at radius 2 is 2.25 bits per heavy atom. The summed E-state index contributed by atoms with van der Waals surface area (Å²) in [5.74, 6) is 0.725. The first-order chi connectivity index (χ1) is 7.59. The van der Waals surface area contributed by atoms with Gasteiger partial charge in [0, 0.05) is 24.6 Å². The lowest BCUT2D eigenvalue weighted by Gasteiger charge is -2.08. The van der Waals surface area contributed by atoms with E-state index in [1.807, 2.05) is 11.6 Å². The highest BCUT2D eigenvalue weighted by atomic mass is 79.9. The third-order valence-corrected chi connectivity index (χ3v) is 4.56. The van der Waals surface area contributed by atoms with Gasteiger partial charge in [0.1, 0.15) is 5.78 Å². The van der Waals surface area contributed by atoms with Crippen LogP contribution in [0.3, 0.4) is 0 Å². The number of aromatic nitrogens is 2. The Kier molecular flexibility index (Phi) is 3.47. The third kappa shape index (κ3) is 2.21. The quantitative estimate of drug-likeness (QED) is 0.855. The number of hydrogen-bond acceptors (Lipinski definition) is 2. The minimum Gasteiger partial charge on any atom is -0.299 e. The van der Waals surface area contributed by atoms with Crippen LogP contribution in [0.4, 0.5) is 0 Å². The standard InChI is InChI=1S/C12H17BrN2O/c1-8-12(13)9(2)15(14-8)7-6-10-4-3-5-11(10)16/h10H,3-7H2,1-2H3. The highest BCUT2D eigenvalue weighted by Gasteiger charge is 2.24. The zero-order valence-corrected chi connectivity index (χ0v) is 11.4. The second kappa shape index (κ2) is 4.70. The van der Waals surface area contributed by atoms with Crippen molar-refractivity contribution in [2.75, 3.05) is 0 Å². The van der Waals surface area contributed by atoms with Crippen molar-refractivity contribution in [2.24, 2.45) is 5.92 Å². The van der Waals surface area contributed by atoms with Crippen LogP contribution >= 0.6 is 15.9 Å². The summed E-state index contributed by atoms with van der Waals surface area (Å²) in [6.45, 7) is 4.91. The lowest BCUT2D eigenvalue weighted by atomic mass is 10.0. The Bertz CT molecular complexity index is 411. The normalized spacial score (nSPS) is 20.7. The van der Waals surface area contributed by atoms with E-state index >= 15 is 0 Å². The van der Waals surface area contributed by atoms with E-state index in [2.05, 4.69) is 28.0 Å². The largest absolute Gasteiger partial charge is 0.299 e. The SMILES string of the molecule is Cc1nn(CCC2CCCC2=O)c(C)c1Br. The van der Waals surface area contributed by atoms with E-state index in [1.54, 1.807) is 0 Å². The predicted octanol–water partition coefficient (Wildman–Crippen LogP) is 3.02. The molecule has 4 heteroatoms. The molecule has 3 nitrogen and oxygen atoms in total. The van der Waals surface area contributed by atoms with Crippen molar-refractivity contribution in [3.05, 3.63) is 15.9 Å². The maximum Gasteiger partial charge on any atom is 0.136 e. The molecule has 1 aliphatic rings. The van der Waals surface area contributed by atoms with Gasteiger partial charge in [-0.25, -0.2) is 0 Å². The molecule has 0 radical (unpaired) electrons. The molecule has 2 rings (SSSR count). The summed E-state index contributed by atoms with van der Waals surface area (Å²) in [6.07, 6.45) is 3.86. The first-order valence-corrected chi connectivity index (χ1v) is 6.61. The molecule has 16 heavy (non-hydrogen) atoms. The van der Waals surface area contributed by atoms with Gasteiger partial charge in [-0.1, -0.05) is 0 Å². The molecule has 0 N–H and O–H groups in total. The summed E-state index contributed by atoms with van der Waals surface area (Å²) >= 11 is 3.52. The topological polar surface area (TPSA) is 34.9 Å². The van der Waals surface area contributed by atoms with E-state index in [9.17, 15) is 4.79 Å². The van der Waals surface area contributed by atoms with Crippen LogP contribution in [0.2, 0.25) is 0 Å². The van der Waals surface area contributed by atoms with E-state index in [0.29, 0.717) is 5.78 Å². The molecule has 1 aromatic rings. The maximum absolute atomic E-state index is 11.5. The van der Waals surface area contributed by atoms with E-state index < -0.39 is 0 Å². The van der Waals surface area contributed by atoms with Gasteiger partial charge in [0.05, 0.1) is 10.2 Å². The smallest absolute Gasteiger partial charge is 0.136 e. The number of hydrogen-bond donors (Lipinski definition) is 0. The van der Waals surface area contributed by atoms with E-state index in [4.69, 9.17) is 0 Å². The zero-order valence-electron chi connectivity index (χ0n) is 9.79. The number of ketones is 1. The summed E-state index contributed by atoms with van der Waals surface area (Å²) in [5.41, 5.74) is 2.18. The van der Waals surface area contributed by atoms with Crippen molar-refractivity contribution < 1.29 is 4.79 Å². The van der Waals surface area contributed by atoms with Gasteiger partial charge in [-0.15, -0.1) is 0 Å². The Morgan fingerprint density at radius 3 is 2.75 bits per heavy atom. The Balaban J connectivity index is 1.99. The average Bonchev–Trinajstić information content (AvgIpc) is 2.76. The molecule has 0 saturated heterocycles. The van der Waals surface area contributed by atoms with Crippen molar-refractivity contribution in [1.29, 1.82) is 0 Å². The van der Waals surface area contributed by atoms with Crippen LogP contribution < -0.4 is 0 Å². The molecule has 0 aromatic carbocycles. The first-order valence-electron chi connectivity index (χ1n) is 5.82. The summed E-state index contributed by atoms with van der Waals surface area (Å²) in [6, 6.07) is 0. The number of halogens is 1. The van der Waals surface area contributed by atoms with Crippen molar-refractivity contribution >= 4 is 21.7 Å². The van der Waals surface area contributed by atoms with Crippen molar-refractivity contribution in [3.8, 4) is 0 Å². The van der Waals surface area contributed by atoms with Gasteiger partial charge in [0.2, 0.25) is 0 Å². The molecular weight excluding hydrogens is 268 g/mol. The van der Waals surface area contributed by atoms with Gasteiger partial charge in [0.25, 0.3) is 0 Å². The summed E-state index contributed by atoms with van der Waals surface area (Å²) in [5, 5.41) is 4.45. The molecular formula is C12H17BrN2O. The van der Waals surface area contributed by atoms with Gasteiger partial charge in [-0.3, -0.25) is 9.48 Å². The molecule has 1 unspecified atom stereocenters.